The van der Waals surface area contributed by atoms with Gasteiger partial charge >= 0.3 is 0 Å². The molecule has 1 aliphatic heterocycles. The molecule has 1 aromatic rings. The lowest BCUT2D eigenvalue weighted by atomic mass is 10.0. The molecule has 19 heavy (non-hydrogen) atoms. The monoisotopic (exact) mass is 280 g/mol. The van der Waals surface area contributed by atoms with E-state index in [4.69, 9.17) is 5.73 Å². The highest BCUT2D eigenvalue weighted by Gasteiger charge is 2.29. The molecule has 1 saturated heterocycles. The van der Waals surface area contributed by atoms with E-state index in [1.54, 1.807) is 11.3 Å². The molecular formula is C14H24N4S. The first kappa shape index (κ1) is 13.3. The lowest BCUT2D eigenvalue weighted by Crippen LogP contribution is -2.55. The maximum Gasteiger partial charge on any atom is 0.185 e. The van der Waals surface area contributed by atoms with Crippen LogP contribution in [0.5, 0.6) is 0 Å². The average molecular weight is 280 g/mol. The number of aromatic nitrogens is 1. The van der Waals surface area contributed by atoms with E-state index >= 15 is 0 Å². The van der Waals surface area contributed by atoms with Gasteiger partial charge < -0.3 is 10.6 Å². The molecule has 2 N–H and O–H groups in total. The van der Waals surface area contributed by atoms with Crippen molar-refractivity contribution in [2.45, 2.75) is 44.2 Å². The van der Waals surface area contributed by atoms with Gasteiger partial charge in [0.15, 0.2) is 5.13 Å². The van der Waals surface area contributed by atoms with Crippen LogP contribution in [0.1, 0.15) is 32.1 Å². The summed E-state index contributed by atoms with van der Waals surface area (Å²) in [5.74, 6) is 0. The SMILES string of the molecule is NC1CCCCCC1N1CCN(c2nccs2)CC1. The van der Waals surface area contributed by atoms with Crippen LogP contribution in [-0.2, 0) is 0 Å². The van der Waals surface area contributed by atoms with E-state index in [2.05, 4.69) is 20.2 Å². The van der Waals surface area contributed by atoms with Gasteiger partial charge in [-0.1, -0.05) is 19.3 Å². The van der Waals surface area contributed by atoms with Gasteiger partial charge in [-0.2, -0.15) is 0 Å². The van der Waals surface area contributed by atoms with Crippen LogP contribution in [-0.4, -0.2) is 48.1 Å². The first-order valence-electron chi connectivity index (χ1n) is 7.48. The Hall–Kier alpha value is -0.650. The third kappa shape index (κ3) is 3.09. The summed E-state index contributed by atoms with van der Waals surface area (Å²) in [7, 11) is 0. The van der Waals surface area contributed by atoms with E-state index in [1.807, 2.05) is 6.20 Å². The Bertz CT molecular complexity index is 373. The minimum Gasteiger partial charge on any atom is -0.346 e. The Kier molecular flexibility index (Phi) is 4.35. The van der Waals surface area contributed by atoms with Gasteiger partial charge in [-0.25, -0.2) is 4.98 Å². The molecule has 2 unspecified atom stereocenters. The first-order chi connectivity index (χ1) is 9.34. The summed E-state index contributed by atoms with van der Waals surface area (Å²) in [6.45, 7) is 4.46. The Labute approximate surface area is 119 Å². The highest BCUT2D eigenvalue weighted by molar-refractivity contribution is 7.13. The summed E-state index contributed by atoms with van der Waals surface area (Å²) in [4.78, 5) is 9.44. The van der Waals surface area contributed by atoms with E-state index < -0.39 is 0 Å². The standard InChI is InChI=1S/C14H24N4S/c15-12-4-2-1-3-5-13(12)17-7-9-18(10-8-17)14-16-6-11-19-14/h6,11-13H,1-5,7-10,15H2. The molecule has 1 saturated carbocycles. The molecule has 5 heteroatoms. The van der Waals surface area contributed by atoms with Crippen LogP contribution in [0.2, 0.25) is 0 Å². The maximum absolute atomic E-state index is 6.37. The molecule has 106 valence electrons. The van der Waals surface area contributed by atoms with Crippen molar-refractivity contribution in [3.05, 3.63) is 11.6 Å². The molecule has 4 nitrogen and oxygen atoms in total. The Morgan fingerprint density at radius 3 is 2.63 bits per heavy atom. The molecule has 2 fully saturated rings. The van der Waals surface area contributed by atoms with Crippen LogP contribution in [0.3, 0.4) is 0 Å². The number of hydrogen-bond donors (Lipinski definition) is 1. The quantitative estimate of drug-likeness (QED) is 0.841. The smallest absolute Gasteiger partial charge is 0.185 e. The van der Waals surface area contributed by atoms with Gasteiger partial charge in [0.05, 0.1) is 0 Å². The summed E-state index contributed by atoms with van der Waals surface area (Å²) < 4.78 is 0. The number of hydrogen-bond acceptors (Lipinski definition) is 5. The largest absolute Gasteiger partial charge is 0.346 e. The topological polar surface area (TPSA) is 45.4 Å². The van der Waals surface area contributed by atoms with Crippen LogP contribution in [0.25, 0.3) is 0 Å². The number of rotatable bonds is 2. The first-order valence-corrected chi connectivity index (χ1v) is 8.36. The Balaban J connectivity index is 1.57. The Morgan fingerprint density at radius 2 is 1.89 bits per heavy atom. The normalized spacial score (nSPS) is 30.3. The van der Waals surface area contributed by atoms with Crippen LogP contribution in [0.15, 0.2) is 11.6 Å². The van der Waals surface area contributed by atoms with Crippen molar-refractivity contribution in [3.63, 3.8) is 0 Å². The van der Waals surface area contributed by atoms with E-state index in [0.29, 0.717) is 12.1 Å². The number of piperazine rings is 1. The molecule has 1 aromatic heterocycles. The number of nitrogens with zero attached hydrogens (tertiary/aromatic N) is 3. The van der Waals surface area contributed by atoms with Gasteiger partial charge in [0.1, 0.15) is 0 Å². The van der Waals surface area contributed by atoms with Crippen molar-refractivity contribution in [2.24, 2.45) is 5.73 Å². The summed E-state index contributed by atoms with van der Waals surface area (Å²) in [5.41, 5.74) is 6.37. The fourth-order valence-electron chi connectivity index (χ4n) is 3.39. The van der Waals surface area contributed by atoms with E-state index in [9.17, 15) is 0 Å². The van der Waals surface area contributed by atoms with Gasteiger partial charge in [-0.15, -0.1) is 11.3 Å². The maximum atomic E-state index is 6.37. The predicted octanol–water partition coefficient (Wildman–Crippen LogP) is 1.93. The summed E-state index contributed by atoms with van der Waals surface area (Å²) in [6.07, 6.45) is 8.43. The van der Waals surface area contributed by atoms with Crippen LogP contribution < -0.4 is 10.6 Å². The highest BCUT2D eigenvalue weighted by Crippen LogP contribution is 2.24. The predicted molar refractivity (Wildman–Crippen MR) is 80.7 cm³/mol. The molecule has 2 heterocycles. The van der Waals surface area contributed by atoms with Crippen molar-refractivity contribution in [1.29, 1.82) is 0 Å². The van der Waals surface area contributed by atoms with Crippen molar-refractivity contribution in [3.8, 4) is 0 Å². The lowest BCUT2D eigenvalue weighted by Gasteiger charge is -2.41. The van der Waals surface area contributed by atoms with Gasteiger partial charge in [0.2, 0.25) is 0 Å². The zero-order valence-electron chi connectivity index (χ0n) is 11.5. The second-order valence-corrected chi connectivity index (χ2v) is 6.58. The lowest BCUT2D eigenvalue weighted by molar-refractivity contribution is 0.154. The zero-order chi connectivity index (χ0) is 13.1. The third-order valence-corrected chi connectivity index (χ3v) is 5.34. The fourth-order valence-corrected chi connectivity index (χ4v) is 4.08. The molecule has 0 radical (unpaired) electrons. The minimum atomic E-state index is 0.383. The molecule has 0 aromatic carbocycles. The van der Waals surface area contributed by atoms with E-state index in [-0.39, 0.29) is 0 Å². The molecule has 2 atom stereocenters. The third-order valence-electron chi connectivity index (χ3n) is 4.50. The number of nitrogens with two attached hydrogens (primary N) is 1. The van der Waals surface area contributed by atoms with E-state index in [1.165, 1.54) is 37.2 Å². The van der Waals surface area contributed by atoms with Gasteiger partial charge in [0, 0.05) is 49.8 Å². The highest BCUT2D eigenvalue weighted by atomic mass is 32.1. The number of thiazole rings is 1. The van der Waals surface area contributed by atoms with Crippen LogP contribution in [0, 0.1) is 0 Å². The van der Waals surface area contributed by atoms with Gasteiger partial charge in [-0.3, -0.25) is 4.90 Å². The second kappa shape index (κ2) is 6.20. The van der Waals surface area contributed by atoms with E-state index in [0.717, 1.165) is 26.2 Å². The molecule has 0 amide bonds. The molecule has 0 spiro atoms. The van der Waals surface area contributed by atoms with Crippen LogP contribution >= 0.6 is 11.3 Å². The van der Waals surface area contributed by atoms with Crippen molar-refractivity contribution in [2.75, 3.05) is 31.1 Å². The van der Waals surface area contributed by atoms with Crippen LogP contribution in [0.4, 0.5) is 5.13 Å². The second-order valence-electron chi connectivity index (χ2n) is 5.71. The molecule has 1 aliphatic carbocycles. The summed E-state index contributed by atoms with van der Waals surface area (Å²) >= 11 is 1.74. The zero-order valence-corrected chi connectivity index (χ0v) is 12.3. The molecule has 2 aliphatic rings. The summed E-state index contributed by atoms with van der Waals surface area (Å²) in [5, 5.41) is 3.23. The van der Waals surface area contributed by atoms with Gasteiger partial charge in [0.25, 0.3) is 0 Å². The Morgan fingerprint density at radius 1 is 1.11 bits per heavy atom. The van der Waals surface area contributed by atoms with Crippen molar-refractivity contribution in [1.82, 2.24) is 9.88 Å². The number of anilines is 1. The van der Waals surface area contributed by atoms with Crippen molar-refractivity contribution >= 4 is 16.5 Å². The minimum absolute atomic E-state index is 0.383. The van der Waals surface area contributed by atoms with Gasteiger partial charge in [-0.05, 0) is 12.8 Å². The molecular weight excluding hydrogens is 256 g/mol. The summed E-state index contributed by atoms with van der Waals surface area (Å²) in [6, 6.07) is 0.995. The average Bonchev–Trinajstić information content (AvgIpc) is 2.89. The molecule has 0 bridgehead atoms. The molecule has 3 rings (SSSR count). The fraction of sp³-hybridized carbons (Fsp3) is 0.786. The van der Waals surface area contributed by atoms with Crippen molar-refractivity contribution < 1.29 is 0 Å².